The molecular weight excluding hydrogens is 1640 g/mol. The SMILES string of the molecule is CCCCCCCCCCCC(O)=NC1C(Oc2c3cc4cc2Oc2ccc(cc2Cl)C(O)C2N=C(O)C(N=C(O)C4N=C(O)C4N=C(O)C(Cc5ccc(cc5)O3)N=C(O)C(NC)c3ccc(O)c(c3)Oc3cc(O)c(Cl)c4c3)c3ccc(O)c(c3)-c3c(OC4OC(CO)C(O)C(O)C4O)cc(O)cc3C(C(=O)O)N=C2O)OC(C(=O)O)C(O)C1O. The number of likely N-dealkylation sites (N-methyl/N-ethyl adjacent to an activating group) is 1. The van der Waals surface area contributed by atoms with Crippen LogP contribution in [0.15, 0.2) is 150 Å². The van der Waals surface area contributed by atoms with E-state index in [1.54, 1.807) is 0 Å². The zero-order chi connectivity index (χ0) is 87.4. The summed E-state index contributed by atoms with van der Waals surface area (Å²) < 4.78 is 44.1. The fourth-order valence-electron chi connectivity index (χ4n) is 14.9. The highest BCUT2D eigenvalue weighted by atomic mass is 35.5. The molecule has 39 heteroatoms. The third-order valence-electron chi connectivity index (χ3n) is 21.3. The monoisotopic (exact) mass is 1730 g/mol. The lowest BCUT2D eigenvalue weighted by molar-refractivity contribution is -0.277. The Morgan fingerprint density at radius 2 is 1.15 bits per heavy atom. The number of phenolic OH excluding ortho intramolecular Hbond substituents is 4. The third kappa shape index (κ3) is 18.9. The van der Waals surface area contributed by atoms with Crippen LogP contribution in [0.1, 0.15) is 146 Å². The number of carboxylic acid groups (broad SMARTS) is 2. The normalized spacial score (nSPS) is 26.7. The number of aromatic hydroxyl groups is 4. The fourth-order valence-corrected chi connectivity index (χ4v) is 15.3. The van der Waals surface area contributed by atoms with Crippen molar-refractivity contribution in [1.82, 2.24) is 5.32 Å². The number of nitrogens with zero attached hydrogens (tertiary/aromatic N) is 7. The van der Waals surface area contributed by atoms with Crippen LogP contribution in [0.2, 0.25) is 10.0 Å². The van der Waals surface area contributed by atoms with Crippen molar-refractivity contribution in [2.45, 2.75) is 187 Å². The number of unbranched alkanes of at least 4 members (excludes halogenated alkanes) is 8. The molecule has 15 rings (SSSR count). The number of aliphatic hydroxyl groups is 14. The van der Waals surface area contributed by atoms with E-state index in [-0.39, 0.29) is 41.2 Å². The highest BCUT2D eigenvalue weighted by Gasteiger charge is 2.51. The van der Waals surface area contributed by atoms with Crippen LogP contribution in [-0.2, 0) is 25.5 Å². The first-order valence-electron chi connectivity index (χ1n) is 38.8. The van der Waals surface area contributed by atoms with Crippen LogP contribution < -0.4 is 29.0 Å². The van der Waals surface area contributed by atoms with Crippen molar-refractivity contribution >= 4 is 76.4 Å². The first-order chi connectivity index (χ1) is 58.3. The summed E-state index contributed by atoms with van der Waals surface area (Å²) in [4.78, 5) is 58.0. The summed E-state index contributed by atoms with van der Waals surface area (Å²) in [7, 11) is 1.46. The molecule has 648 valence electrons. The maximum atomic E-state index is 13.9. The number of carbonyl (C=O) groups is 2. The van der Waals surface area contributed by atoms with Crippen LogP contribution in [0.4, 0.5) is 0 Å². The molecule has 7 aromatic rings. The van der Waals surface area contributed by atoms with Gasteiger partial charge in [0, 0.05) is 47.2 Å². The van der Waals surface area contributed by atoms with Gasteiger partial charge in [-0.15, -0.1) is 0 Å². The Labute approximate surface area is 703 Å². The number of ether oxygens (including phenoxy) is 7. The Morgan fingerprint density at radius 3 is 1.83 bits per heavy atom. The number of aliphatic imine (C=N–C) groups is 7. The number of aliphatic carboxylic acids is 2. The van der Waals surface area contributed by atoms with Gasteiger partial charge in [-0.25, -0.2) is 44.5 Å². The topological polar surface area (TPSA) is 602 Å². The van der Waals surface area contributed by atoms with Crippen molar-refractivity contribution in [2.75, 3.05) is 13.7 Å². The van der Waals surface area contributed by atoms with E-state index >= 15 is 0 Å². The first kappa shape index (κ1) is 88.0. The Hall–Kier alpha value is -11.8. The molecule has 122 heavy (non-hydrogen) atoms. The molecule has 17 bridgehead atoms. The summed E-state index contributed by atoms with van der Waals surface area (Å²) in [6.45, 7) is 1.13. The molecule has 8 heterocycles. The number of aliphatic hydroxyl groups excluding tert-OH is 14. The number of fused-ring (bicyclic) bond motifs is 12. The van der Waals surface area contributed by atoms with Gasteiger partial charge < -0.3 is 141 Å². The molecule has 0 saturated carbocycles. The summed E-state index contributed by atoms with van der Waals surface area (Å²) in [6.07, 6.45) is -13.7. The Kier molecular flexibility index (Phi) is 27.1. The number of carboxylic acids is 2. The second-order valence-electron chi connectivity index (χ2n) is 29.7. The van der Waals surface area contributed by atoms with Crippen LogP contribution in [-0.4, -0.2) is 242 Å². The van der Waals surface area contributed by atoms with E-state index in [0.29, 0.717) is 18.4 Å². The standard InChI is InChI=1S/C83H88Cl2N8O29/c1-3-4-5-6-7-8-9-10-11-12-56(99)88-65-68(102)70(104)73(81(114)115)122-82(65)121-72-53-27-38-28-54(72)118-50-22-17-37(25-45(50)84)66(100)64-79(111)92-63(80(112)113)43-29-39(95)30-52(119-83-71(105)69(103)67(101)55(33-94)120-83)57(43)42-24-35(15-20-47(42)96)60(76(108)93-64)89-77(109)61(38)90-78(110)62-44-31-41(32-49(98)58(44)85)117-51-26-36(16-21-48(51)97)59(86-2)75(107)87-46(74(106)91-62)23-34-13-18-40(116-53)19-14-34/h13-22,24-32,46,55,59-71,73,82-83,86,94-98,100-105H,3-12,23,33H2,1-2H3,(H,87,107)(H,88,99)(H,89,109)(H,90,110)(H,91,106)(H,92,111)(H,93,108)(H,112,113)(H,114,115). The van der Waals surface area contributed by atoms with E-state index in [0.717, 1.165) is 118 Å². The molecule has 2 saturated heterocycles. The summed E-state index contributed by atoms with van der Waals surface area (Å²) in [6, 6.07) is 5.02. The van der Waals surface area contributed by atoms with Crippen LogP contribution in [0, 0.1) is 0 Å². The summed E-state index contributed by atoms with van der Waals surface area (Å²) in [5.74, 6) is -18.2. The molecule has 18 unspecified atom stereocenters. The van der Waals surface area contributed by atoms with Gasteiger partial charge in [-0.1, -0.05) is 112 Å². The zero-order valence-electron chi connectivity index (χ0n) is 64.9. The highest BCUT2D eigenvalue weighted by Crippen LogP contribution is 2.52. The van der Waals surface area contributed by atoms with Crippen molar-refractivity contribution < 1.29 is 145 Å². The Balaban J connectivity index is 1.09. The molecule has 0 radical (unpaired) electrons. The van der Waals surface area contributed by atoms with Crippen molar-refractivity contribution in [3.63, 3.8) is 0 Å². The number of rotatable bonds is 19. The molecule has 7 aromatic carbocycles. The number of halogens is 2. The Bertz CT molecular complexity index is 5300. The average Bonchev–Trinajstić information content (AvgIpc) is 0.760. The molecule has 8 aliphatic heterocycles. The summed E-state index contributed by atoms with van der Waals surface area (Å²) in [5.41, 5.74) is -3.03. The second kappa shape index (κ2) is 37.6. The molecule has 0 aliphatic carbocycles. The van der Waals surface area contributed by atoms with Crippen LogP contribution in [0.3, 0.4) is 0 Å². The highest BCUT2D eigenvalue weighted by molar-refractivity contribution is 6.33. The van der Waals surface area contributed by atoms with E-state index in [1.807, 2.05) is 0 Å². The summed E-state index contributed by atoms with van der Waals surface area (Å²) in [5, 5.41) is 239. The lowest BCUT2D eigenvalue weighted by atomic mass is 9.90. The number of phenols is 4. The molecule has 18 atom stereocenters. The summed E-state index contributed by atoms with van der Waals surface area (Å²) >= 11 is 14.2. The predicted octanol–water partition coefficient (Wildman–Crippen LogP) is 10.2. The Morgan fingerprint density at radius 1 is 0.516 bits per heavy atom. The maximum absolute atomic E-state index is 13.9. The quantitative estimate of drug-likeness (QED) is 0.0203. The van der Waals surface area contributed by atoms with Crippen molar-refractivity contribution in [1.29, 1.82) is 0 Å². The number of benzene rings is 7. The minimum Gasteiger partial charge on any atom is -0.508 e. The van der Waals surface area contributed by atoms with Gasteiger partial charge in [0.05, 0.1) is 16.7 Å². The molecule has 8 aliphatic rings. The van der Waals surface area contributed by atoms with Crippen LogP contribution in [0.5, 0.6) is 69.0 Å². The van der Waals surface area contributed by atoms with E-state index in [2.05, 4.69) is 47.2 Å². The third-order valence-corrected chi connectivity index (χ3v) is 22.0. The predicted molar refractivity (Wildman–Crippen MR) is 437 cm³/mol. The van der Waals surface area contributed by atoms with Crippen molar-refractivity contribution in [2.24, 2.45) is 34.9 Å². The number of nitrogens with one attached hydrogen (secondary N) is 1. The first-order valence-corrected chi connectivity index (χ1v) is 39.5. The van der Waals surface area contributed by atoms with Crippen LogP contribution >= 0.6 is 23.2 Å². The zero-order valence-corrected chi connectivity index (χ0v) is 66.4. The molecule has 21 N–H and O–H groups in total. The number of hydrogen-bond acceptors (Lipinski definition) is 28. The smallest absolute Gasteiger partial charge is 0.335 e. The van der Waals surface area contributed by atoms with Gasteiger partial charge in [0.15, 0.2) is 65.2 Å². The lowest BCUT2D eigenvalue weighted by Gasteiger charge is -2.39. The minimum atomic E-state index is -2.49. The van der Waals surface area contributed by atoms with Gasteiger partial charge in [0.2, 0.25) is 53.7 Å². The van der Waals surface area contributed by atoms with Gasteiger partial charge >= 0.3 is 11.9 Å². The van der Waals surface area contributed by atoms with Gasteiger partial charge in [-0.2, -0.15) is 0 Å². The molecular formula is C83H88Cl2N8O29. The van der Waals surface area contributed by atoms with Gasteiger partial charge in [0.1, 0.15) is 101 Å². The lowest BCUT2D eigenvalue weighted by Crippen LogP contribution is -2.60. The van der Waals surface area contributed by atoms with E-state index < -0.39 is 265 Å². The van der Waals surface area contributed by atoms with Gasteiger partial charge in [-0.05, 0) is 114 Å². The number of hydrogen-bond donors (Lipinski definition) is 21. The minimum absolute atomic E-state index is 0.0827. The molecule has 2 fully saturated rings. The second-order valence-corrected chi connectivity index (χ2v) is 30.5. The fraction of sp³-hybridized carbons (Fsp3) is 0.386. The van der Waals surface area contributed by atoms with E-state index in [9.17, 15) is 112 Å². The largest absolute Gasteiger partial charge is 0.508 e. The van der Waals surface area contributed by atoms with Gasteiger partial charge in [-0.3, -0.25) is 0 Å². The molecule has 0 spiro atoms. The van der Waals surface area contributed by atoms with Crippen molar-refractivity contribution in [3.8, 4) is 80.1 Å². The molecule has 37 nitrogen and oxygen atoms in total. The molecule has 0 aromatic heterocycles. The van der Waals surface area contributed by atoms with Crippen molar-refractivity contribution in [3.05, 3.63) is 164 Å². The van der Waals surface area contributed by atoms with Crippen LogP contribution in [0.25, 0.3) is 11.1 Å². The van der Waals surface area contributed by atoms with Gasteiger partial charge in [0.25, 0.3) is 0 Å². The van der Waals surface area contributed by atoms with E-state index in [4.69, 9.17) is 56.4 Å². The average molecular weight is 1730 g/mol. The van der Waals surface area contributed by atoms with E-state index in [1.165, 1.54) is 49.5 Å². The molecule has 0 amide bonds. The maximum Gasteiger partial charge on any atom is 0.335 e.